The van der Waals surface area contributed by atoms with Gasteiger partial charge >= 0.3 is 0 Å². The van der Waals surface area contributed by atoms with Crippen LogP contribution in [0, 0.1) is 5.82 Å². The van der Waals surface area contributed by atoms with Crippen LogP contribution in [0.4, 0.5) is 4.39 Å². The quantitative estimate of drug-likeness (QED) is 0.893. The normalized spacial score (nSPS) is 25.7. The second kappa shape index (κ2) is 5.71. The first-order valence-corrected chi connectivity index (χ1v) is 8.00. The zero-order chi connectivity index (χ0) is 13.2. The lowest BCUT2D eigenvalue weighted by Gasteiger charge is -2.23. The number of amidine groups is 1. The molecule has 2 aliphatic rings. The number of hydrogen-bond acceptors (Lipinski definition) is 3. The van der Waals surface area contributed by atoms with Crippen molar-refractivity contribution in [3.63, 3.8) is 0 Å². The SMILES string of the molecule is Fc1ccc(CSC2=NC3CCCCC3N2)c(Cl)c1. The van der Waals surface area contributed by atoms with Gasteiger partial charge in [0.05, 0.1) is 12.1 Å². The molecule has 1 heterocycles. The maximum atomic E-state index is 13.0. The molecule has 1 aliphatic carbocycles. The van der Waals surface area contributed by atoms with Crippen molar-refractivity contribution < 1.29 is 4.39 Å². The first-order valence-electron chi connectivity index (χ1n) is 6.63. The van der Waals surface area contributed by atoms with Crippen LogP contribution in [0.1, 0.15) is 31.2 Å². The summed E-state index contributed by atoms with van der Waals surface area (Å²) in [5.74, 6) is 0.436. The van der Waals surface area contributed by atoms with Gasteiger partial charge in [0.2, 0.25) is 0 Å². The lowest BCUT2D eigenvalue weighted by Crippen LogP contribution is -2.36. The molecular weight excluding hydrogens is 283 g/mol. The Kier molecular flexibility index (Phi) is 3.99. The molecule has 1 aromatic carbocycles. The molecule has 0 radical (unpaired) electrons. The Hall–Kier alpha value is -0.740. The fourth-order valence-corrected chi connectivity index (χ4v) is 3.95. The van der Waals surface area contributed by atoms with E-state index in [0.29, 0.717) is 17.1 Å². The number of rotatable bonds is 2. The summed E-state index contributed by atoms with van der Waals surface area (Å²) >= 11 is 7.68. The summed E-state index contributed by atoms with van der Waals surface area (Å²) in [6.45, 7) is 0. The predicted molar refractivity (Wildman–Crippen MR) is 79.3 cm³/mol. The smallest absolute Gasteiger partial charge is 0.157 e. The van der Waals surface area contributed by atoms with Gasteiger partial charge in [-0.3, -0.25) is 4.99 Å². The largest absolute Gasteiger partial charge is 0.360 e. The van der Waals surface area contributed by atoms with Crippen molar-refractivity contribution in [3.05, 3.63) is 34.6 Å². The third-order valence-electron chi connectivity index (χ3n) is 3.70. The molecule has 1 aliphatic heterocycles. The Labute approximate surface area is 121 Å². The summed E-state index contributed by atoms with van der Waals surface area (Å²) in [5.41, 5.74) is 0.951. The number of nitrogens with one attached hydrogen (secondary N) is 1. The molecule has 0 bridgehead atoms. The van der Waals surface area contributed by atoms with Crippen LogP contribution >= 0.6 is 23.4 Å². The van der Waals surface area contributed by atoms with E-state index in [4.69, 9.17) is 16.6 Å². The molecule has 2 atom stereocenters. The standard InChI is InChI=1S/C14H16ClFN2S/c15-11-7-10(16)6-5-9(11)8-19-14-17-12-3-1-2-4-13(12)18-14/h5-7,12-13H,1-4,8H2,(H,17,18). The van der Waals surface area contributed by atoms with E-state index < -0.39 is 0 Å². The van der Waals surface area contributed by atoms with Crippen molar-refractivity contribution in [2.45, 2.75) is 43.5 Å². The van der Waals surface area contributed by atoms with Gasteiger partial charge in [-0.15, -0.1) is 0 Å². The lowest BCUT2D eigenvalue weighted by molar-refractivity contribution is 0.385. The summed E-state index contributed by atoms with van der Waals surface area (Å²) < 4.78 is 13.0. The van der Waals surface area contributed by atoms with Crippen molar-refractivity contribution in [3.8, 4) is 0 Å². The molecule has 2 unspecified atom stereocenters. The molecule has 102 valence electrons. The van der Waals surface area contributed by atoms with Crippen LogP contribution in [0.3, 0.4) is 0 Å². The molecule has 2 nitrogen and oxygen atoms in total. The van der Waals surface area contributed by atoms with Gasteiger partial charge in [-0.2, -0.15) is 0 Å². The highest BCUT2D eigenvalue weighted by Gasteiger charge is 2.30. The minimum atomic E-state index is -0.291. The molecule has 1 saturated carbocycles. The topological polar surface area (TPSA) is 24.4 Å². The number of halogens is 2. The van der Waals surface area contributed by atoms with E-state index >= 15 is 0 Å². The van der Waals surface area contributed by atoms with Gasteiger partial charge < -0.3 is 5.32 Å². The summed E-state index contributed by atoms with van der Waals surface area (Å²) in [7, 11) is 0. The van der Waals surface area contributed by atoms with Gasteiger partial charge in [-0.05, 0) is 30.5 Å². The minimum absolute atomic E-state index is 0.291. The first kappa shape index (κ1) is 13.3. The van der Waals surface area contributed by atoms with Gasteiger partial charge in [0.25, 0.3) is 0 Å². The van der Waals surface area contributed by atoms with Crippen molar-refractivity contribution in [1.82, 2.24) is 5.32 Å². The molecule has 5 heteroatoms. The first-order chi connectivity index (χ1) is 9.22. The van der Waals surface area contributed by atoms with Crippen molar-refractivity contribution in [1.29, 1.82) is 0 Å². The third kappa shape index (κ3) is 3.06. The monoisotopic (exact) mass is 298 g/mol. The van der Waals surface area contributed by atoms with Crippen LogP contribution in [-0.4, -0.2) is 17.3 Å². The Morgan fingerprint density at radius 3 is 3.00 bits per heavy atom. The van der Waals surface area contributed by atoms with Gasteiger partial charge in [0, 0.05) is 10.8 Å². The van der Waals surface area contributed by atoms with Gasteiger partial charge in [-0.25, -0.2) is 4.39 Å². The van der Waals surface area contributed by atoms with Crippen molar-refractivity contribution in [2.75, 3.05) is 0 Å². The summed E-state index contributed by atoms with van der Waals surface area (Å²) in [5, 5.41) is 4.99. The third-order valence-corrected chi connectivity index (χ3v) is 5.00. The molecule has 0 spiro atoms. The average molecular weight is 299 g/mol. The highest BCUT2D eigenvalue weighted by molar-refractivity contribution is 8.13. The highest BCUT2D eigenvalue weighted by atomic mass is 35.5. The van der Waals surface area contributed by atoms with E-state index in [2.05, 4.69) is 5.32 Å². The molecule has 19 heavy (non-hydrogen) atoms. The van der Waals surface area contributed by atoms with E-state index in [-0.39, 0.29) is 5.82 Å². The summed E-state index contributed by atoms with van der Waals surface area (Å²) in [4.78, 5) is 4.72. The molecule has 1 fully saturated rings. The van der Waals surface area contributed by atoms with E-state index in [1.54, 1.807) is 17.8 Å². The van der Waals surface area contributed by atoms with Crippen LogP contribution in [0.5, 0.6) is 0 Å². The summed E-state index contributed by atoms with van der Waals surface area (Å²) in [6.07, 6.45) is 4.99. The Morgan fingerprint density at radius 2 is 2.21 bits per heavy atom. The lowest BCUT2D eigenvalue weighted by atomic mass is 9.92. The van der Waals surface area contributed by atoms with Gasteiger partial charge in [0.15, 0.2) is 5.17 Å². The van der Waals surface area contributed by atoms with E-state index in [0.717, 1.165) is 16.5 Å². The number of fused-ring (bicyclic) bond motifs is 1. The molecule has 0 amide bonds. The Bertz CT molecular complexity index is 506. The maximum Gasteiger partial charge on any atom is 0.157 e. The van der Waals surface area contributed by atoms with Crippen LogP contribution in [0.15, 0.2) is 23.2 Å². The van der Waals surface area contributed by atoms with Crippen LogP contribution < -0.4 is 5.32 Å². The number of thioether (sulfide) groups is 1. The fourth-order valence-electron chi connectivity index (χ4n) is 2.64. The average Bonchev–Trinajstić information content (AvgIpc) is 2.80. The van der Waals surface area contributed by atoms with E-state index in [1.807, 2.05) is 0 Å². The number of hydrogen-bond donors (Lipinski definition) is 1. The second-order valence-corrected chi connectivity index (χ2v) is 6.43. The minimum Gasteiger partial charge on any atom is -0.360 e. The second-order valence-electron chi connectivity index (χ2n) is 5.06. The number of nitrogens with zero attached hydrogens (tertiary/aromatic N) is 1. The van der Waals surface area contributed by atoms with E-state index in [1.165, 1.54) is 37.8 Å². The zero-order valence-electron chi connectivity index (χ0n) is 10.5. The zero-order valence-corrected chi connectivity index (χ0v) is 12.1. The van der Waals surface area contributed by atoms with Gasteiger partial charge in [-0.1, -0.05) is 42.3 Å². The molecule has 0 saturated heterocycles. The van der Waals surface area contributed by atoms with Crippen LogP contribution in [-0.2, 0) is 5.75 Å². The maximum absolute atomic E-state index is 13.0. The molecule has 1 N–H and O–H groups in total. The van der Waals surface area contributed by atoms with Crippen molar-refractivity contribution in [2.24, 2.45) is 4.99 Å². The predicted octanol–water partition coefficient (Wildman–Crippen LogP) is 3.98. The van der Waals surface area contributed by atoms with E-state index in [9.17, 15) is 4.39 Å². The highest BCUT2D eigenvalue weighted by Crippen LogP contribution is 2.29. The van der Waals surface area contributed by atoms with Crippen LogP contribution in [0.25, 0.3) is 0 Å². The van der Waals surface area contributed by atoms with Crippen LogP contribution in [0.2, 0.25) is 5.02 Å². The van der Waals surface area contributed by atoms with Crippen molar-refractivity contribution >= 4 is 28.5 Å². The number of aliphatic imine (C=N–C) groups is 1. The fraction of sp³-hybridized carbons (Fsp3) is 0.500. The number of benzene rings is 1. The molecular formula is C14H16ClFN2S. The molecule has 3 rings (SSSR count). The molecule has 0 aromatic heterocycles. The molecule has 1 aromatic rings. The summed E-state index contributed by atoms with van der Waals surface area (Å²) in [6, 6.07) is 5.54. The Balaban J connectivity index is 1.60. The Morgan fingerprint density at radius 1 is 1.37 bits per heavy atom. The van der Waals surface area contributed by atoms with Gasteiger partial charge in [0.1, 0.15) is 5.82 Å².